The van der Waals surface area contributed by atoms with E-state index in [4.69, 9.17) is 5.11 Å². The molecule has 2 aliphatic rings. The Labute approximate surface area is 124 Å². The van der Waals surface area contributed by atoms with E-state index in [9.17, 15) is 14.4 Å². The molecule has 0 aromatic heterocycles. The maximum absolute atomic E-state index is 12.0. The third-order valence-electron chi connectivity index (χ3n) is 4.85. The zero-order chi connectivity index (χ0) is 15.5. The van der Waals surface area contributed by atoms with Gasteiger partial charge in [0.15, 0.2) is 0 Å². The van der Waals surface area contributed by atoms with E-state index in [-0.39, 0.29) is 24.3 Å². The van der Waals surface area contributed by atoms with Crippen molar-refractivity contribution < 1.29 is 19.5 Å². The molecule has 2 rings (SSSR count). The highest BCUT2D eigenvalue weighted by atomic mass is 16.4. The van der Waals surface area contributed by atoms with Gasteiger partial charge in [-0.25, -0.2) is 4.79 Å². The van der Waals surface area contributed by atoms with Gasteiger partial charge in [-0.2, -0.15) is 0 Å². The second kappa shape index (κ2) is 6.03. The van der Waals surface area contributed by atoms with Crippen molar-refractivity contribution in [1.82, 2.24) is 10.6 Å². The lowest BCUT2D eigenvalue weighted by molar-refractivity contribution is -0.140. The number of urea groups is 1. The highest BCUT2D eigenvalue weighted by molar-refractivity contribution is 5.95. The van der Waals surface area contributed by atoms with Crippen LogP contribution in [0.5, 0.6) is 0 Å². The molecule has 2 aliphatic carbocycles. The Hall–Kier alpha value is -1.59. The Balaban J connectivity index is 1.84. The van der Waals surface area contributed by atoms with Crippen LogP contribution in [0.2, 0.25) is 0 Å². The highest BCUT2D eigenvalue weighted by Crippen LogP contribution is 2.44. The van der Waals surface area contributed by atoms with Crippen molar-refractivity contribution in [1.29, 1.82) is 0 Å². The lowest BCUT2D eigenvalue weighted by Crippen LogP contribution is -2.55. The second-order valence-electron chi connectivity index (χ2n) is 6.87. The molecule has 0 aromatic carbocycles. The van der Waals surface area contributed by atoms with Crippen LogP contribution in [0.15, 0.2) is 0 Å². The van der Waals surface area contributed by atoms with Crippen molar-refractivity contribution in [3.05, 3.63) is 0 Å². The summed E-state index contributed by atoms with van der Waals surface area (Å²) in [6.07, 6.45) is 6.44. The Morgan fingerprint density at radius 3 is 2.10 bits per heavy atom. The molecule has 21 heavy (non-hydrogen) atoms. The molecule has 3 amide bonds. The summed E-state index contributed by atoms with van der Waals surface area (Å²) in [5.41, 5.74) is -0.674. The van der Waals surface area contributed by atoms with Crippen molar-refractivity contribution in [2.24, 2.45) is 5.41 Å². The van der Waals surface area contributed by atoms with Crippen LogP contribution in [0.3, 0.4) is 0 Å². The number of hydrogen-bond acceptors (Lipinski definition) is 3. The SMILES string of the molecule is CC1(NC(=O)NC(=O)CC2(CC(=O)O)CCCC2)CCC1. The van der Waals surface area contributed by atoms with Crippen LogP contribution < -0.4 is 10.6 Å². The standard InChI is InChI=1S/C15H24N2O4/c1-14(5-4-6-14)17-13(21)16-11(18)9-15(10-12(19)20)7-2-3-8-15/h2-10H2,1H3,(H,19,20)(H2,16,17,18,21). The van der Waals surface area contributed by atoms with Gasteiger partial charge in [-0.1, -0.05) is 12.8 Å². The van der Waals surface area contributed by atoms with Crippen molar-refractivity contribution in [2.45, 2.75) is 70.3 Å². The number of nitrogens with one attached hydrogen (secondary N) is 2. The molecule has 0 aliphatic heterocycles. The summed E-state index contributed by atoms with van der Waals surface area (Å²) in [5, 5.41) is 14.2. The summed E-state index contributed by atoms with van der Waals surface area (Å²) < 4.78 is 0. The predicted molar refractivity (Wildman–Crippen MR) is 76.7 cm³/mol. The summed E-state index contributed by atoms with van der Waals surface area (Å²) in [6, 6.07) is -0.467. The van der Waals surface area contributed by atoms with E-state index in [1.165, 1.54) is 0 Å². The second-order valence-corrected chi connectivity index (χ2v) is 6.87. The lowest BCUT2D eigenvalue weighted by Gasteiger charge is -2.39. The fraction of sp³-hybridized carbons (Fsp3) is 0.800. The molecule has 2 fully saturated rings. The van der Waals surface area contributed by atoms with E-state index in [1.807, 2.05) is 6.92 Å². The van der Waals surface area contributed by atoms with Crippen LogP contribution in [0.25, 0.3) is 0 Å². The zero-order valence-corrected chi connectivity index (χ0v) is 12.5. The first-order chi connectivity index (χ1) is 9.83. The van der Waals surface area contributed by atoms with E-state index < -0.39 is 17.4 Å². The van der Waals surface area contributed by atoms with Gasteiger partial charge in [0.1, 0.15) is 0 Å². The molecular weight excluding hydrogens is 272 g/mol. The van der Waals surface area contributed by atoms with Gasteiger partial charge in [-0.05, 0) is 44.4 Å². The third-order valence-corrected chi connectivity index (χ3v) is 4.85. The minimum absolute atomic E-state index is 0.000244. The van der Waals surface area contributed by atoms with E-state index in [0.717, 1.165) is 44.9 Å². The van der Waals surface area contributed by atoms with Crippen LogP contribution in [-0.2, 0) is 9.59 Å². The number of carboxylic acids is 1. The minimum Gasteiger partial charge on any atom is -0.481 e. The number of rotatable bonds is 5. The van der Waals surface area contributed by atoms with Crippen LogP contribution in [0.4, 0.5) is 4.79 Å². The monoisotopic (exact) mass is 296 g/mol. The molecule has 0 radical (unpaired) electrons. The van der Waals surface area contributed by atoms with E-state index in [2.05, 4.69) is 10.6 Å². The molecule has 118 valence electrons. The summed E-state index contributed by atoms with van der Waals surface area (Å²) >= 11 is 0. The summed E-state index contributed by atoms with van der Waals surface area (Å²) in [4.78, 5) is 34.8. The van der Waals surface area contributed by atoms with Gasteiger partial charge >= 0.3 is 12.0 Å². The number of aliphatic carboxylic acids is 1. The smallest absolute Gasteiger partial charge is 0.321 e. The first-order valence-electron chi connectivity index (χ1n) is 7.66. The van der Waals surface area contributed by atoms with E-state index in [1.54, 1.807) is 0 Å². The summed E-state index contributed by atoms with van der Waals surface area (Å²) in [5.74, 6) is -1.25. The molecule has 0 aromatic rings. The molecule has 3 N–H and O–H groups in total. The minimum atomic E-state index is -0.879. The maximum atomic E-state index is 12.0. The average molecular weight is 296 g/mol. The normalized spacial score (nSPS) is 22.1. The Bertz CT molecular complexity index is 437. The van der Waals surface area contributed by atoms with Gasteiger partial charge in [0.2, 0.25) is 5.91 Å². The Kier molecular flexibility index (Phi) is 4.54. The molecular formula is C15H24N2O4. The number of carbonyl (C=O) groups is 3. The quantitative estimate of drug-likeness (QED) is 0.724. The Morgan fingerprint density at radius 2 is 1.62 bits per heavy atom. The van der Waals surface area contributed by atoms with Crippen LogP contribution in [-0.4, -0.2) is 28.6 Å². The van der Waals surface area contributed by atoms with Crippen LogP contribution in [0, 0.1) is 5.41 Å². The van der Waals surface area contributed by atoms with Gasteiger partial charge in [0, 0.05) is 12.0 Å². The van der Waals surface area contributed by atoms with Gasteiger partial charge in [-0.15, -0.1) is 0 Å². The van der Waals surface area contributed by atoms with Gasteiger partial charge in [-0.3, -0.25) is 14.9 Å². The van der Waals surface area contributed by atoms with Crippen LogP contribution in [0.1, 0.15) is 64.7 Å². The molecule has 0 unspecified atom stereocenters. The number of carboxylic acid groups (broad SMARTS) is 1. The molecule has 6 nitrogen and oxygen atoms in total. The summed E-state index contributed by atoms with van der Waals surface area (Å²) in [6.45, 7) is 1.96. The first kappa shape index (κ1) is 15.8. The molecule has 0 atom stereocenters. The predicted octanol–water partition coefficient (Wildman–Crippen LogP) is 2.18. The number of amides is 3. The molecule has 6 heteroatoms. The number of hydrogen-bond donors (Lipinski definition) is 3. The van der Waals surface area contributed by atoms with Gasteiger partial charge in [0.25, 0.3) is 0 Å². The molecule has 0 bridgehead atoms. The molecule has 2 saturated carbocycles. The summed E-state index contributed by atoms with van der Waals surface area (Å²) in [7, 11) is 0. The average Bonchev–Trinajstić information content (AvgIpc) is 2.73. The van der Waals surface area contributed by atoms with Gasteiger partial charge in [0.05, 0.1) is 6.42 Å². The Morgan fingerprint density at radius 1 is 1.00 bits per heavy atom. The van der Waals surface area contributed by atoms with Crippen molar-refractivity contribution in [2.75, 3.05) is 0 Å². The maximum Gasteiger partial charge on any atom is 0.321 e. The topological polar surface area (TPSA) is 95.5 Å². The van der Waals surface area contributed by atoms with Crippen molar-refractivity contribution in [3.8, 4) is 0 Å². The van der Waals surface area contributed by atoms with E-state index >= 15 is 0 Å². The fourth-order valence-electron chi connectivity index (χ4n) is 3.51. The highest BCUT2D eigenvalue weighted by Gasteiger charge is 2.39. The number of imide groups is 1. The van der Waals surface area contributed by atoms with Gasteiger partial charge < -0.3 is 10.4 Å². The molecule has 0 spiro atoms. The van der Waals surface area contributed by atoms with Crippen molar-refractivity contribution in [3.63, 3.8) is 0 Å². The fourth-order valence-corrected chi connectivity index (χ4v) is 3.51. The first-order valence-corrected chi connectivity index (χ1v) is 7.66. The zero-order valence-electron chi connectivity index (χ0n) is 12.5. The molecule has 0 saturated heterocycles. The van der Waals surface area contributed by atoms with E-state index in [0.29, 0.717) is 0 Å². The largest absolute Gasteiger partial charge is 0.481 e. The van der Waals surface area contributed by atoms with Crippen LogP contribution >= 0.6 is 0 Å². The third kappa shape index (κ3) is 4.19. The lowest BCUT2D eigenvalue weighted by atomic mass is 9.78. The van der Waals surface area contributed by atoms with Crippen molar-refractivity contribution >= 4 is 17.9 Å². The molecule has 0 heterocycles. The number of carbonyl (C=O) groups excluding carboxylic acids is 2.